The molecule has 2 heterocycles. The van der Waals surface area contributed by atoms with E-state index in [0.29, 0.717) is 22.0 Å². The fourth-order valence-corrected chi connectivity index (χ4v) is 3.55. The molecule has 2 aromatic rings. The summed E-state index contributed by atoms with van der Waals surface area (Å²) in [6, 6.07) is 14.8. The van der Waals surface area contributed by atoms with Crippen molar-refractivity contribution in [2.24, 2.45) is 0 Å². The molecule has 0 saturated heterocycles. The molecule has 0 radical (unpaired) electrons. The lowest BCUT2D eigenvalue weighted by Crippen LogP contribution is -2.31. The number of benzene rings is 1. The van der Waals surface area contributed by atoms with Gasteiger partial charge in [-0.15, -0.1) is 0 Å². The fraction of sp³-hybridized carbons (Fsp3) is 0.211. The SMILES string of the molecule is Cc1ccc(C2CC(=O)NC(SCC(=O)Nc3ccccc3)=C2C#N)o1. The summed E-state index contributed by atoms with van der Waals surface area (Å²) in [6.45, 7) is 1.81. The maximum atomic E-state index is 12.1. The fourth-order valence-electron chi connectivity index (χ4n) is 2.67. The zero-order valence-corrected chi connectivity index (χ0v) is 14.9. The molecule has 1 aliphatic heterocycles. The molecule has 0 fully saturated rings. The van der Waals surface area contributed by atoms with Crippen molar-refractivity contribution in [3.8, 4) is 6.07 Å². The second kappa shape index (κ2) is 7.93. The summed E-state index contributed by atoms with van der Waals surface area (Å²) in [5.74, 6) is 0.548. The highest BCUT2D eigenvalue weighted by atomic mass is 32.2. The average Bonchev–Trinajstić information content (AvgIpc) is 3.06. The number of para-hydroxylation sites is 1. The van der Waals surface area contributed by atoms with Gasteiger partial charge in [-0.2, -0.15) is 5.26 Å². The highest BCUT2D eigenvalue weighted by Gasteiger charge is 2.31. The van der Waals surface area contributed by atoms with Crippen LogP contribution in [0.5, 0.6) is 0 Å². The average molecular weight is 367 g/mol. The summed E-state index contributed by atoms with van der Waals surface area (Å²) in [7, 11) is 0. The predicted molar refractivity (Wildman–Crippen MR) is 99.1 cm³/mol. The topological polar surface area (TPSA) is 95.1 Å². The number of hydrogen-bond donors (Lipinski definition) is 2. The van der Waals surface area contributed by atoms with Crippen LogP contribution >= 0.6 is 11.8 Å². The van der Waals surface area contributed by atoms with Crippen molar-refractivity contribution >= 4 is 29.3 Å². The summed E-state index contributed by atoms with van der Waals surface area (Å²) in [6.07, 6.45) is 0.149. The van der Waals surface area contributed by atoms with Crippen LogP contribution in [0.2, 0.25) is 0 Å². The molecule has 6 nitrogen and oxygen atoms in total. The number of allylic oxidation sites excluding steroid dienone is 1. The van der Waals surface area contributed by atoms with E-state index in [2.05, 4.69) is 16.7 Å². The van der Waals surface area contributed by atoms with E-state index in [0.717, 1.165) is 17.5 Å². The summed E-state index contributed by atoms with van der Waals surface area (Å²) in [5.41, 5.74) is 1.11. The maximum absolute atomic E-state index is 12.1. The monoisotopic (exact) mass is 367 g/mol. The highest BCUT2D eigenvalue weighted by Crippen LogP contribution is 2.36. The first-order valence-electron chi connectivity index (χ1n) is 8.05. The van der Waals surface area contributed by atoms with E-state index in [1.165, 1.54) is 0 Å². The molecule has 0 saturated carbocycles. The zero-order chi connectivity index (χ0) is 18.5. The third kappa shape index (κ3) is 4.16. The van der Waals surface area contributed by atoms with E-state index in [1.807, 2.05) is 25.1 Å². The first kappa shape index (κ1) is 17.8. The molecule has 1 aliphatic rings. The van der Waals surface area contributed by atoms with Crippen LogP contribution in [0.3, 0.4) is 0 Å². The highest BCUT2D eigenvalue weighted by molar-refractivity contribution is 8.03. The summed E-state index contributed by atoms with van der Waals surface area (Å²) in [4.78, 5) is 24.2. The van der Waals surface area contributed by atoms with Crippen molar-refractivity contribution in [3.05, 3.63) is 64.6 Å². The van der Waals surface area contributed by atoms with Crippen molar-refractivity contribution in [2.75, 3.05) is 11.1 Å². The third-order valence-corrected chi connectivity index (χ3v) is 4.88. The predicted octanol–water partition coefficient (Wildman–Crippen LogP) is 3.30. The van der Waals surface area contributed by atoms with Crippen molar-refractivity contribution in [1.29, 1.82) is 5.26 Å². The summed E-state index contributed by atoms with van der Waals surface area (Å²) >= 11 is 1.14. The molecule has 0 spiro atoms. The van der Waals surface area contributed by atoms with Crippen LogP contribution in [0.25, 0.3) is 0 Å². The van der Waals surface area contributed by atoms with Crippen molar-refractivity contribution in [1.82, 2.24) is 5.32 Å². The minimum atomic E-state index is -0.429. The normalized spacial score (nSPS) is 16.8. The molecular formula is C19H17N3O3S. The lowest BCUT2D eigenvalue weighted by atomic mass is 9.92. The lowest BCUT2D eigenvalue weighted by molar-refractivity contribution is -0.121. The summed E-state index contributed by atoms with van der Waals surface area (Å²) < 4.78 is 5.60. The molecule has 1 unspecified atom stereocenters. The minimum Gasteiger partial charge on any atom is -0.466 e. The first-order chi connectivity index (χ1) is 12.6. The van der Waals surface area contributed by atoms with Crippen molar-refractivity contribution in [2.45, 2.75) is 19.3 Å². The Labute approximate surface area is 155 Å². The Bertz CT molecular complexity index is 896. The second-order valence-electron chi connectivity index (χ2n) is 5.81. The number of nitrogens with zero attached hydrogens (tertiary/aromatic N) is 1. The third-order valence-electron chi connectivity index (χ3n) is 3.87. The molecule has 132 valence electrons. The Balaban J connectivity index is 1.73. The van der Waals surface area contributed by atoms with E-state index in [9.17, 15) is 14.9 Å². The van der Waals surface area contributed by atoms with E-state index >= 15 is 0 Å². The lowest BCUT2D eigenvalue weighted by Gasteiger charge is -2.23. The molecule has 1 aromatic carbocycles. The molecule has 0 aliphatic carbocycles. The maximum Gasteiger partial charge on any atom is 0.234 e. The number of anilines is 1. The van der Waals surface area contributed by atoms with E-state index in [1.54, 1.807) is 24.3 Å². The molecule has 1 aromatic heterocycles. The number of rotatable bonds is 5. The quantitative estimate of drug-likeness (QED) is 0.845. The number of thioether (sulfide) groups is 1. The Morgan fingerprint density at radius 3 is 2.77 bits per heavy atom. The van der Waals surface area contributed by atoms with Gasteiger partial charge in [-0.3, -0.25) is 9.59 Å². The Kier molecular flexibility index (Phi) is 5.44. The molecule has 26 heavy (non-hydrogen) atoms. The Morgan fingerprint density at radius 2 is 2.12 bits per heavy atom. The van der Waals surface area contributed by atoms with Crippen LogP contribution in [0.15, 0.2) is 57.5 Å². The van der Waals surface area contributed by atoms with Crippen LogP contribution in [0, 0.1) is 18.3 Å². The van der Waals surface area contributed by atoms with Gasteiger partial charge in [-0.1, -0.05) is 30.0 Å². The largest absolute Gasteiger partial charge is 0.466 e. The number of nitriles is 1. The van der Waals surface area contributed by atoms with Gasteiger partial charge in [0, 0.05) is 12.1 Å². The van der Waals surface area contributed by atoms with Gasteiger partial charge in [-0.05, 0) is 31.2 Å². The van der Waals surface area contributed by atoms with E-state index in [-0.39, 0.29) is 24.0 Å². The smallest absolute Gasteiger partial charge is 0.234 e. The van der Waals surface area contributed by atoms with Crippen LogP contribution < -0.4 is 10.6 Å². The van der Waals surface area contributed by atoms with Crippen LogP contribution in [0.1, 0.15) is 23.9 Å². The molecular weight excluding hydrogens is 350 g/mol. The molecule has 2 amide bonds. The van der Waals surface area contributed by atoms with Gasteiger partial charge in [0.2, 0.25) is 11.8 Å². The number of nitrogens with one attached hydrogen (secondary N) is 2. The number of hydrogen-bond acceptors (Lipinski definition) is 5. The van der Waals surface area contributed by atoms with E-state index in [4.69, 9.17) is 4.42 Å². The molecule has 1 atom stereocenters. The van der Waals surface area contributed by atoms with Gasteiger partial charge in [0.25, 0.3) is 0 Å². The number of furan rings is 1. The van der Waals surface area contributed by atoms with Gasteiger partial charge in [0.1, 0.15) is 11.5 Å². The number of amides is 2. The van der Waals surface area contributed by atoms with Crippen LogP contribution in [-0.4, -0.2) is 17.6 Å². The van der Waals surface area contributed by atoms with Gasteiger partial charge >= 0.3 is 0 Å². The van der Waals surface area contributed by atoms with Crippen LogP contribution in [-0.2, 0) is 9.59 Å². The standard InChI is InChI=1S/C19H17N3O3S/c1-12-7-8-16(25-12)14-9-17(23)22-19(15(14)10-20)26-11-18(24)21-13-5-3-2-4-6-13/h2-8,14H,9,11H2,1H3,(H,21,24)(H,22,23). The Hall–Kier alpha value is -2.98. The molecule has 2 N–H and O–H groups in total. The first-order valence-corrected chi connectivity index (χ1v) is 9.03. The Morgan fingerprint density at radius 1 is 1.35 bits per heavy atom. The van der Waals surface area contributed by atoms with Gasteiger partial charge in [-0.25, -0.2) is 0 Å². The number of aryl methyl sites for hydroxylation is 1. The second-order valence-corrected chi connectivity index (χ2v) is 6.80. The molecule has 0 bridgehead atoms. The zero-order valence-electron chi connectivity index (χ0n) is 14.1. The van der Waals surface area contributed by atoms with E-state index < -0.39 is 5.92 Å². The summed E-state index contributed by atoms with van der Waals surface area (Å²) in [5, 5.41) is 15.5. The number of carbonyl (C=O) groups excluding carboxylic acids is 2. The van der Waals surface area contributed by atoms with Gasteiger partial charge in [0.05, 0.1) is 28.3 Å². The molecule has 7 heteroatoms. The molecule has 3 rings (SSSR count). The van der Waals surface area contributed by atoms with Gasteiger partial charge < -0.3 is 15.1 Å². The van der Waals surface area contributed by atoms with Crippen LogP contribution in [0.4, 0.5) is 5.69 Å². The minimum absolute atomic E-state index is 0.0829. The van der Waals surface area contributed by atoms with Crippen molar-refractivity contribution in [3.63, 3.8) is 0 Å². The number of carbonyl (C=O) groups is 2. The van der Waals surface area contributed by atoms with Gasteiger partial charge in [0.15, 0.2) is 0 Å². The van der Waals surface area contributed by atoms with Crippen molar-refractivity contribution < 1.29 is 14.0 Å².